The van der Waals surface area contributed by atoms with E-state index in [2.05, 4.69) is 5.09 Å². The van der Waals surface area contributed by atoms with Crippen LogP contribution in [-0.2, 0) is 21.3 Å². The standard InChI is InChI=1S/C12H17ClNO3PS/c1-9(2)16-12(15)10(3)14-18(13,19)17-11-7-5-4-6-8-11/h4-10H,1-3H3,(H,14,19)/t10-,18+/m0/s1. The molecule has 106 valence electrons. The molecule has 0 saturated carbocycles. The second kappa shape index (κ2) is 7.25. The second-order valence-electron chi connectivity index (χ2n) is 4.22. The van der Waals surface area contributed by atoms with Crippen molar-refractivity contribution in [2.24, 2.45) is 0 Å². The first-order chi connectivity index (χ1) is 8.80. The van der Waals surface area contributed by atoms with Crippen LogP contribution in [0.15, 0.2) is 30.3 Å². The van der Waals surface area contributed by atoms with E-state index in [1.54, 1.807) is 32.9 Å². The van der Waals surface area contributed by atoms with E-state index >= 15 is 0 Å². The van der Waals surface area contributed by atoms with Gasteiger partial charge in [0.1, 0.15) is 11.8 Å². The van der Waals surface area contributed by atoms with Crippen molar-refractivity contribution in [1.29, 1.82) is 0 Å². The zero-order valence-corrected chi connectivity index (χ0v) is 13.5. The van der Waals surface area contributed by atoms with Gasteiger partial charge in [0, 0.05) is 0 Å². The topological polar surface area (TPSA) is 47.6 Å². The number of esters is 1. The minimum atomic E-state index is -2.81. The number of carbonyl (C=O) groups is 1. The summed E-state index contributed by atoms with van der Waals surface area (Å²) in [6.07, 6.45) is -0.181. The quantitative estimate of drug-likeness (QED) is 0.642. The molecule has 1 aromatic carbocycles. The minimum Gasteiger partial charge on any atom is -0.462 e. The predicted octanol–water partition coefficient (Wildman–Crippen LogP) is 3.46. The lowest BCUT2D eigenvalue weighted by Crippen LogP contribution is -2.34. The fourth-order valence-corrected chi connectivity index (χ4v) is 3.69. The molecule has 0 unspecified atom stereocenters. The molecule has 0 fully saturated rings. The highest BCUT2D eigenvalue weighted by atomic mass is 35.7. The summed E-state index contributed by atoms with van der Waals surface area (Å²) >= 11 is 11.3. The van der Waals surface area contributed by atoms with Crippen LogP contribution in [0, 0.1) is 0 Å². The highest BCUT2D eigenvalue weighted by Crippen LogP contribution is 2.48. The third-order valence-corrected chi connectivity index (χ3v) is 4.20. The number of hydrogen-bond acceptors (Lipinski definition) is 4. The van der Waals surface area contributed by atoms with E-state index in [1.807, 2.05) is 18.2 Å². The van der Waals surface area contributed by atoms with E-state index < -0.39 is 17.8 Å². The maximum absolute atomic E-state index is 11.7. The summed E-state index contributed by atoms with van der Waals surface area (Å²) < 4.78 is 10.6. The Morgan fingerprint density at radius 1 is 1.32 bits per heavy atom. The largest absolute Gasteiger partial charge is 0.462 e. The molecule has 1 rings (SSSR count). The molecule has 0 aromatic heterocycles. The van der Waals surface area contributed by atoms with E-state index in [0.29, 0.717) is 5.75 Å². The first kappa shape index (κ1) is 16.4. The van der Waals surface area contributed by atoms with Crippen LogP contribution in [0.1, 0.15) is 20.8 Å². The summed E-state index contributed by atoms with van der Waals surface area (Å²) in [6, 6.07) is 8.38. The van der Waals surface area contributed by atoms with Crippen molar-refractivity contribution in [2.75, 3.05) is 0 Å². The zero-order chi connectivity index (χ0) is 14.5. The van der Waals surface area contributed by atoms with Crippen LogP contribution < -0.4 is 9.61 Å². The van der Waals surface area contributed by atoms with E-state index in [9.17, 15) is 4.79 Å². The van der Waals surface area contributed by atoms with Gasteiger partial charge in [0.2, 0.25) is 0 Å². The van der Waals surface area contributed by atoms with Crippen LogP contribution in [0.3, 0.4) is 0 Å². The first-order valence-corrected chi connectivity index (χ1v) is 9.45. The van der Waals surface area contributed by atoms with Crippen molar-refractivity contribution in [3.05, 3.63) is 30.3 Å². The number of carbonyl (C=O) groups excluding carboxylic acids is 1. The van der Waals surface area contributed by atoms with Crippen LogP contribution in [0.25, 0.3) is 0 Å². The van der Waals surface area contributed by atoms with Crippen LogP contribution in [0.4, 0.5) is 0 Å². The molecule has 0 bridgehead atoms. The number of para-hydroxylation sites is 1. The van der Waals surface area contributed by atoms with E-state index in [0.717, 1.165) is 0 Å². The number of rotatable bonds is 6. The Hall–Kier alpha value is -0.610. The molecule has 0 amide bonds. The predicted molar refractivity (Wildman–Crippen MR) is 81.0 cm³/mol. The van der Waals surface area contributed by atoms with Crippen molar-refractivity contribution in [3.8, 4) is 5.75 Å². The van der Waals surface area contributed by atoms with Gasteiger partial charge >= 0.3 is 5.97 Å². The number of nitrogens with one attached hydrogen (secondary N) is 1. The third-order valence-electron chi connectivity index (χ3n) is 2.02. The van der Waals surface area contributed by atoms with Gasteiger partial charge in [0.25, 0.3) is 5.77 Å². The maximum atomic E-state index is 11.7. The van der Waals surface area contributed by atoms with E-state index in [4.69, 9.17) is 32.3 Å². The van der Waals surface area contributed by atoms with Crippen molar-refractivity contribution in [2.45, 2.75) is 32.9 Å². The lowest BCUT2D eigenvalue weighted by molar-refractivity contribution is -0.148. The van der Waals surface area contributed by atoms with Gasteiger partial charge in [-0.25, -0.2) is 5.09 Å². The van der Waals surface area contributed by atoms with Gasteiger partial charge in [0.05, 0.1) is 6.10 Å². The summed E-state index contributed by atoms with van der Waals surface area (Å²) in [5.41, 5.74) is 0. The molecule has 19 heavy (non-hydrogen) atoms. The average molecular weight is 322 g/mol. The molecule has 0 heterocycles. The summed E-state index contributed by atoms with van der Waals surface area (Å²) in [6.45, 7) is 5.20. The molecule has 2 atom stereocenters. The molecule has 0 aliphatic carbocycles. The summed E-state index contributed by atoms with van der Waals surface area (Å²) in [4.78, 5) is 11.7. The number of halogens is 1. The van der Waals surface area contributed by atoms with Gasteiger partial charge in [0.15, 0.2) is 0 Å². The lowest BCUT2D eigenvalue weighted by atomic mass is 10.3. The molecule has 0 saturated heterocycles. The first-order valence-electron chi connectivity index (χ1n) is 5.83. The molecule has 4 nitrogen and oxygen atoms in total. The molecule has 0 aliphatic rings. The average Bonchev–Trinajstić information content (AvgIpc) is 2.27. The van der Waals surface area contributed by atoms with Crippen molar-refractivity contribution < 1.29 is 14.1 Å². The third kappa shape index (κ3) is 6.39. The molecule has 0 aliphatic heterocycles. The molecule has 1 aromatic rings. The van der Waals surface area contributed by atoms with E-state index in [1.165, 1.54) is 0 Å². The van der Waals surface area contributed by atoms with Crippen LogP contribution in [-0.4, -0.2) is 18.1 Å². The molecular weight excluding hydrogens is 305 g/mol. The number of ether oxygens (including phenoxy) is 1. The molecule has 1 N–H and O–H groups in total. The van der Waals surface area contributed by atoms with Crippen molar-refractivity contribution >= 4 is 34.8 Å². The molecular formula is C12H17ClNO3PS. The fraction of sp³-hybridized carbons (Fsp3) is 0.417. The maximum Gasteiger partial charge on any atom is 0.323 e. The van der Waals surface area contributed by atoms with Gasteiger partial charge in [-0.2, -0.15) is 0 Å². The van der Waals surface area contributed by atoms with Crippen LogP contribution >= 0.6 is 17.0 Å². The summed E-state index contributed by atoms with van der Waals surface area (Å²) in [5.74, 6) is -2.65. The molecule has 7 heteroatoms. The minimum absolute atomic E-state index is 0.181. The monoisotopic (exact) mass is 321 g/mol. The smallest absolute Gasteiger partial charge is 0.323 e. The summed E-state index contributed by atoms with van der Waals surface area (Å²) in [5, 5.41) is 2.80. The highest BCUT2D eigenvalue weighted by molar-refractivity contribution is 8.23. The SMILES string of the molecule is CC(C)OC(=O)[C@H](C)N[P@](=S)(Cl)Oc1ccccc1. The van der Waals surface area contributed by atoms with Crippen molar-refractivity contribution in [1.82, 2.24) is 5.09 Å². The highest BCUT2D eigenvalue weighted by Gasteiger charge is 2.24. The number of hydrogen-bond donors (Lipinski definition) is 1. The van der Waals surface area contributed by atoms with Crippen molar-refractivity contribution in [3.63, 3.8) is 0 Å². The normalized spacial score (nSPS) is 15.6. The van der Waals surface area contributed by atoms with Crippen LogP contribution in [0.2, 0.25) is 0 Å². The van der Waals surface area contributed by atoms with Gasteiger partial charge in [-0.05, 0) is 56.0 Å². The Morgan fingerprint density at radius 2 is 1.89 bits per heavy atom. The Balaban J connectivity index is 2.59. The van der Waals surface area contributed by atoms with Gasteiger partial charge < -0.3 is 9.26 Å². The molecule has 0 radical (unpaired) electrons. The zero-order valence-electron chi connectivity index (χ0n) is 11.0. The van der Waals surface area contributed by atoms with E-state index in [-0.39, 0.29) is 6.10 Å². The fourth-order valence-electron chi connectivity index (χ4n) is 1.26. The van der Waals surface area contributed by atoms with Crippen LogP contribution in [0.5, 0.6) is 5.75 Å². The Kier molecular flexibility index (Phi) is 6.27. The van der Waals surface area contributed by atoms with Gasteiger partial charge in [-0.3, -0.25) is 4.79 Å². The van der Waals surface area contributed by atoms with Gasteiger partial charge in [-0.15, -0.1) is 0 Å². The Bertz CT molecular complexity index is 469. The lowest BCUT2D eigenvalue weighted by Gasteiger charge is -2.21. The summed E-state index contributed by atoms with van der Waals surface area (Å²) in [7, 11) is 0. The Labute approximate surface area is 123 Å². The second-order valence-corrected chi connectivity index (χ2v) is 9.19. The van der Waals surface area contributed by atoms with Gasteiger partial charge in [-0.1, -0.05) is 18.2 Å². The molecule has 0 spiro atoms. The number of benzene rings is 1. The Morgan fingerprint density at radius 3 is 2.42 bits per heavy atom.